The molecule has 3 aromatic carbocycles. The Bertz CT molecular complexity index is 1520. The van der Waals surface area contributed by atoms with Crippen molar-refractivity contribution in [3.8, 4) is 0 Å². The number of hydrogen-bond donors (Lipinski definition) is 1. The maximum Gasteiger partial charge on any atom is 0.243 e. The van der Waals surface area contributed by atoms with Crippen LogP contribution in [0.2, 0.25) is 0 Å². The van der Waals surface area contributed by atoms with Crippen LogP contribution >= 0.6 is 0 Å². The fraction of sp³-hybridized carbons (Fsp3) is 0.444. The maximum atomic E-state index is 14.1. The molecule has 0 aliphatic heterocycles. The molecule has 1 N–H and O–H groups in total. The second-order valence-electron chi connectivity index (χ2n) is 12.2. The highest BCUT2D eigenvalue weighted by Crippen LogP contribution is 2.24. The summed E-state index contributed by atoms with van der Waals surface area (Å²) in [7, 11) is -3.56. The standard InChI is InChI=1S/C36H47N3O4S/c1-27-21-22-33(24-29(27)3)39(44(4,42)43)23-13-20-35(40)38(26-31-17-12-11-14-28(31)2)34(25-30-15-7-5-8-16-30)36(41)37-32-18-9-6-10-19-32/h5,7-8,11-12,14-17,21-22,24,32,34H,6,9-10,13,18-20,23,25-26H2,1-4H3,(H,37,41)/t34-/m0/s1. The van der Waals surface area contributed by atoms with Crippen LogP contribution in [0.25, 0.3) is 0 Å². The lowest BCUT2D eigenvalue weighted by molar-refractivity contribution is -0.141. The molecule has 0 unspecified atom stereocenters. The Labute approximate surface area is 263 Å². The predicted octanol–water partition coefficient (Wildman–Crippen LogP) is 6.25. The minimum absolute atomic E-state index is 0.116. The molecule has 236 valence electrons. The van der Waals surface area contributed by atoms with Gasteiger partial charge in [0, 0.05) is 32.0 Å². The Kier molecular flexibility index (Phi) is 11.6. The number of nitrogens with one attached hydrogen (secondary N) is 1. The molecule has 0 heterocycles. The van der Waals surface area contributed by atoms with Crippen molar-refractivity contribution in [2.75, 3.05) is 17.1 Å². The van der Waals surface area contributed by atoms with E-state index in [-0.39, 0.29) is 30.8 Å². The predicted molar refractivity (Wildman–Crippen MR) is 178 cm³/mol. The van der Waals surface area contributed by atoms with Gasteiger partial charge in [-0.3, -0.25) is 13.9 Å². The highest BCUT2D eigenvalue weighted by Gasteiger charge is 2.32. The molecule has 7 nitrogen and oxygen atoms in total. The van der Waals surface area contributed by atoms with E-state index < -0.39 is 16.1 Å². The van der Waals surface area contributed by atoms with Gasteiger partial charge in [0.25, 0.3) is 0 Å². The number of sulfonamides is 1. The van der Waals surface area contributed by atoms with E-state index in [9.17, 15) is 18.0 Å². The van der Waals surface area contributed by atoms with Gasteiger partial charge in [-0.05, 0) is 80.0 Å². The fourth-order valence-corrected chi connectivity index (χ4v) is 6.91. The summed E-state index contributed by atoms with van der Waals surface area (Å²) in [5.41, 5.74) is 5.70. The number of nitrogens with zero attached hydrogens (tertiary/aromatic N) is 2. The second-order valence-corrected chi connectivity index (χ2v) is 14.1. The molecule has 1 atom stereocenters. The zero-order chi connectivity index (χ0) is 31.7. The third-order valence-corrected chi connectivity index (χ3v) is 9.95. The Balaban J connectivity index is 1.60. The summed E-state index contributed by atoms with van der Waals surface area (Å²) in [5.74, 6) is -0.294. The average Bonchev–Trinajstić information content (AvgIpc) is 3.00. The largest absolute Gasteiger partial charge is 0.352 e. The lowest BCUT2D eigenvalue weighted by atomic mass is 9.94. The average molecular weight is 618 g/mol. The van der Waals surface area contributed by atoms with Gasteiger partial charge in [0.2, 0.25) is 21.8 Å². The van der Waals surface area contributed by atoms with Crippen molar-refractivity contribution < 1.29 is 18.0 Å². The molecule has 0 bridgehead atoms. The number of hydrogen-bond acceptors (Lipinski definition) is 4. The summed E-state index contributed by atoms with van der Waals surface area (Å²) in [4.78, 5) is 29.9. The number of carbonyl (C=O) groups is 2. The van der Waals surface area contributed by atoms with E-state index in [0.717, 1.165) is 53.5 Å². The smallest absolute Gasteiger partial charge is 0.243 e. The van der Waals surface area contributed by atoms with Gasteiger partial charge in [-0.2, -0.15) is 0 Å². The maximum absolute atomic E-state index is 14.1. The molecule has 8 heteroatoms. The van der Waals surface area contributed by atoms with Crippen molar-refractivity contribution >= 4 is 27.5 Å². The van der Waals surface area contributed by atoms with E-state index >= 15 is 0 Å². The minimum Gasteiger partial charge on any atom is -0.352 e. The van der Waals surface area contributed by atoms with Crippen molar-refractivity contribution in [2.24, 2.45) is 0 Å². The fourth-order valence-electron chi connectivity index (χ4n) is 5.95. The molecule has 1 fully saturated rings. The second kappa shape index (κ2) is 15.4. The first-order chi connectivity index (χ1) is 21.0. The monoisotopic (exact) mass is 617 g/mol. The van der Waals surface area contributed by atoms with Crippen LogP contribution in [0.15, 0.2) is 72.8 Å². The lowest BCUT2D eigenvalue weighted by Gasteiger charge is -2.34. The van der Waals surface area contributed by atoms with Crippen LogP contribution in [0.1, 0.15) is 72.8 Å². The van der Waals surface area contributed by atoms with Crippen LogP contribution in [0.4, 0.5) is 5.69 Å². The third kappa shape index (κ3) is 9.18. The highest BCUT2D eigenvalue weighted by molar-refractivity contribution is 7.92. The van der Waals surface area contributed by atoms with E-state index in [1.165, 1.54) is 17.0 Å². The van der Waals surface area contributed by atoms with Crippen molar-refractivity contribution in [1.29, 1.82) is 0 Å². The Morgan fingerprint density at radius 1 is 0.864 bits per heavy atom. The highest BCUT2D eigenvalue weighted by atomic mass is 32.2. The molecular weight excluding hydrogens is 570 g/mol. The molecule has 44 heavy (non-hydrogen) atoms. The van der Waals surface area contributed by atoms with Gasteiger partial charge >= 0.3 is 0 Å². The van der Waals surface area contributed by atoms with Crippen molar-refractivity contribution in [2.45, 2.75) is 90.8 Å². The normalized spacial score (nSPS) is 14.5. The lowest BCUT2D eigenvalue weighted by Crippen LogP contribution is -2.53. The molecule has 3 aromatic rings. The first kappa shape index (κ1) is 33.2. The summed E-state index contributed by atoms with van der Waals surface area (Å²) >= 11 is 0. The van der Waals surface area contributed by atoms with Crippen molar-refractivity contribution in [3.63, 3.8) is 0 Å². The summed E-state index contributed by atoms with van der Waals surface area (Å²) in [6, 6.07) is 22.8. The van der Waals surface area contributed by atoms with E-state index in [1.807, 2.05) is 87.5 Å². The first-order valence-electron chi connectivity index (χ1n) is 15.8. The summed E-state index contributed by atoms with van der Waals surface area (Å²) in [5, 5.41) is 3.28. The van der Waals surface area contributed by atoms with Crippen LogP contribution in [-0.2, 0) is 32.6 Å². The molecule has 2 amide bonds. The number of rotatable bonds is 13. The van der Waals surface area contributed by atoms with Gasteiger partial charge in [-0.15, -0.1) is 0 Å². The van der Waals surface area contributed by atoms with Crippen molar-refractivity contribution in [1.82, 2.24) is 10.2 Å². The third-order valence-electron chi connectivity index (χ3n) is 8.76. The molecule has 4 rings (SSSR count). The number of amides is 2. The number of carbonyl (C=O) groups excluding carboxylic acids is 2. The molecule has 0 spiro atoms. The molecule has 0 radical (unpaired) electrons. The zero-order valence-electron chi connectivity index (χ0n) is 26.6. The van der Waals surface area contributed by atoms with Gasteiger partial charge < -0.3 is 10.2 Å². The van der Waals surface area contributed by atoms with Crippen molar-refractivity contribution in [3.05, 3.63) is 101 Å². The summed E-state index contributed by atoms with van der Waals surface area (Å²) in [6.45, 7) is 6.43. The Morgan fingerprint density at radius 2 is 1.55 bits per heavy atom. The number of aryl methyl sites for hydroxylation is 3. The van der Waals surface area contributed by atoms with Crippen LogP contribution in [-0.4, -0.2) is 50.0 Å². The molecule has 1 aliphatic carbocycles. The minimum atomic E-state index is -3.56. The number of benzene rings is 3. The molecule has 0 aromatic heterocycles. The zero-order valence-corrected chi connectivity index (χ0v) is 27.4. The van der Waals surface area contributed by atoms with E-state index in [2.05, 4.69) is 5.32 Å². The molecule has 1 aliphatic rings. The van der Waals surface area contributed by atoms with Gasteiger partial charge in [0.1, 0.15) is 6.04 Å². The van der Waals surface area contributed by atoms with Gasteiger partial charge in [0.15, 0.2) is 0 Å². The van der Waals surface area contributed by atoms with Gasteiger partial charge in [-0.25, -0.2) is 8.42 Å². The SMILES string of the molecule is Cc1ccc(N(CCCC(=O)N(Cc2ccccc2C)[C@@H](Cc2ccccc2)C(=O)NC2CCCCC2)S(C)(=O)=O)cc1C. The molecular formula is C36H47N3O4S. The van der Waals surface area contributed by atoms with Gasteiger partial charge in [-0.1, -0.05) is 79.9 Å². The summed E-state index contributed by atoms with van der Waals surface area (Å²) in [6.07, 6.45) is 7.31. The van der Waals surface area contributed by atoms with Crippen LogP contribution in [0, 0.1) is 20.8 Å². The summed E-state index contributed by atoms with van der Waals surface area (Å²) < 4.78 is 26.9. The van der Waals surface area contributed by atoms with E-state index in [4.69, 9.17) is 0 Å². The van der Waals surface area contributed by atoms with E-state index in [1.54, 1.807) is 11.0 Å². The molecule has 0 saturated heterocycles. The first-order valence-corrected chi connectivity index (χ1v) is 17.6. The van der Waals surface area contributed by atoms with E-state index in [0.29, 0.717) is 25.1 Å². The Morgan fingerprint density at radius 3 is 2.20 bits per heavy atom. The molecule has 1 saturated carbocycles. The Hall–Kier alpha value is -3.65. The van der Waals surface area contributed by atoms with Crippen LogP contribution < -0.4 is 9.62 Å². The topological polar surface area (TPSA) is 86.8 Å². The van der Waals surface area contributed by atoms with Crippen LogP contribution in [0.3, 0.4) is 0 Å². The van der Waals surface area contributed by atoms with Gasteiger partial charge in [0.05, 0.1) is 11.9 Å². The van der Waals surface area contributed by atoms with Crippen LogP contribution in [0.5, 0.6) is 0 Å². The quantitative estimate of drug-likeness (QED) is 0.246. The number of anilines is 1.